The van der Waals surface area contributed by atoms with Gasteiger partial charge in [-0.05, 0) is 12.8 Å². The highest BCUT2D eigenvalue weighted by Crippen LogP contribution is 2.29. The molecule has 0 aromatic carbocycles. The van der Waals surface area contributed by atoms with Gasteiger partial charge < -0.3 is 14.3 Å². The highest BCUT2D eigenvalue weighted by molar-refractivity contribution is 5.60. The summed E-state index contributed by atoms with van der Waals surface area (Å²) in [6, 6.07) is 0.464. The third-order valence-corrected chi connectivity index (χ3v) is 3.72. The minimum absolute atomic E-state index is 0.259. The van der Waals surface area contributed by atoms with Gasteiger partial charge in [-0.3, -0.25) is 4.90 Å². The molecule has 0 aromatic heterocycles. The molecule has 16 heavy (non-hydrogen) atoms. The van der Waals surface area contributed by atoms with E-state index in [0.29, 0.717) is 12.6 Å². The van der Waals surface area contributed by atoms with Crippen molar-refractivity contribution < 1.29 is 14.3 Å². The van der Waals surface area contributed by atoms with Gasteiger partial charge in [-0.2, -0.15) is 0 Å². The Bertz CT molecular complexity index is 238. The summed E-state index contributed by atoms with van der Waals surface area (Å²) in [5.41, 5.74) is -0.259. The van der Waals surface area contributed by atoms with Gasteiger partial charge in [0.2, 0.25) is 0 Å². The Balaban J connectivity index is 1.97. The van der Waals surface area contributed by atoms with E-state index in [9.17, 15) is 4.79 Å². The Hall–Kier alpha value is -0.450. The standard InChI is InChI=1S/C12H21NO3/c1-2-11-7-15-6-4-13(11)8-12(9-14)3-5-16-10-12/h9,11H,2-8,10H2,1H3. The Kier molecular flexibility index (Phi) is 3.95. The van der Waals surface area contributed by atoms with Gasteiger partial charge in [-0.25, -0.2) is 0 Å². The molecule has 4 nitrogen and oxygen atoms in total. The van der Waals surface area contributed by atoms with Crippen molar-refractivity contribution in [3.05, 3.63) is 0 Å². The van der Waals surface area contributed by atoms with Crippen LogP contribution in [-0.4, -0.2) is 56.7 Å². The number of morpholine rings is 1. The quantitative estimate of drug-likeness (QED) is 0.663. The number of hydrogen-bond acceptors (Lipinski definition) is 4. The van der Waals surface area contributed by atoms with E-state index in [-0.39, 0.29) is 5.41 Å². The largest absolute Gasteiger partial charge is 0.380 e. The first-order chi connectivity index (χ1) is 7.79. The number of hydrogen-bond donors (Lipinski definition) is 0. The maximum Gasteiger partial charge on any atom is 0.129 e. The molecule has 0 aromatic rings. The van der Waals surface area contributed by atoms with Gasteiger partial charge in [0.05, 0.1) is 25.2 Å². The molecule has 0 N–H and O–H groups in total. The Morgan fingerprint density at radius 1 is 1.44 bits per heavy atom. The van der Waals surface area contributed by atoms with Crippen molar-refractivity contribution >= 4 is 6.29 Å². The fourth-order valence-corrected chi connectivity index (χ4v) is 2.56. The second-order valence-electron chi connectivity index (χ2n) is 4.89. The van der Waals surface area contributed by atoms with E-state index in [1.54, 1.807) is 0 Å². The van der Waals surface area contributed by atoms with Crippen molar-refractivity contribution in [1.82, 2.24) is 4.90 Å². The van der Waals surface area contributed by atoms with Gasteiger partial charge in [0.1, 0.15) is 6.29 Å². The molecule has 0 spiro atoms. The molecule has 4 heteroatoms. The third kappa shape index (κ3) is 2.44. The molecule has 2 saturated heterocycles. The summed E-state index contributed by atoms with van der Waals surface area (Å²) in [4.78, 5) is 13.7. The summed E-state index contributed by atoms with van der Waals surface area (Å²) in [5, 5.41) is 0. The Morgan fingerprint density at radius 2 is 2.31 bits per heavy atom. The van der Waals surface area contributed by atoms with E-state index in [1.165, 1.54) is 0 Å². The van der Waals surface area contributed by atoms with Crippen LogP contribution in [-0.2, 0) is 14.3 Å². The molecule has 2 unspecified atom stereocenters. The Morgan fingerprint density at radius 3 is 2.94 bits per heavy atom. The summed E-state index contributed by atoms with van der Waals surface area (Å²) in [7, 11) is 0. The summed E-state index contributed by atoms with van der Waals surface area (Å²) < 4.78 is 10.8. The maximum atomic E-state index is 11.3. The molecule has 0 saturated carbocycles. The van der Waals surface area contributed by atoms with Gasteiger partial charge >= 0.3 is 0 Å². The fourth-order valence-electron chi connectivity index (χ4n) is 2.56. The van der Waals surface area contributed by atoms with Gasteiger partial charge in [-0.15, -0.1) is 0 Å². The second-order valence-corrected chi connectivity index (χ2v) is 4.89. The zero-order valence-electron chi connectivity index (χ0n) is 9.98. The lowest BCUT2D eigenvalue weighted by molar-refractivity contribution is -0.119. The predicted molar refractivity (Wildman–Crippen MR) is 60.4 cm³/mol. The number of carbonyl (C=O) groups is 1. The minimum atomic E-state index is -0.259. The highest BCUT2D eigenvalue weighted by atomic mass is 16.5. The fraction of sp³-hybridized carbons (Fsp3) is 0.917. The van der Waals surface area contributed by atoms with Crippen LogP contribution in [0.25, 0.3) is 0 Å². The minimum Gasteiger partial charge on any atom is -0.380 e. The molecule has 2 aliphatic heterocycles. The van der Waals surface area contributed by atoms with E-state index in [0.717, 1.165) is 52.0 Å². The first-order valence-electron chi connectivity index (χ1n) is 6.15. The van der Waals surface area contributed by atoms with Gasteiger partial charge in [-0.1, -0.05) is 6.92 Å². The molecule has 0 aliphatic carbocycles. The average molecular weight is 227 g/mol. The number of nitrogens with zero attached hydrogens (tertiary/aromatic N) is 1. The van der Waals surface area contributed by atoms with Crippen molar-refractivity contribution in [3.8, 4) is 0 Å². The van der Waals surface area contributed by atoms with Crippen LogP contribution in [0.5, 0.6) is 0 Å². The number of carbonyl (C=O) groups excluding carboxylic acids is 1. The van der Waals surface area contributed by atoms with Crippen LogP contribution in [0.1, 0.15) is 19.8 Å². The molecule has 0 bridgehead atoms. The van der Waals surface area contributed by atoms with Crippen LogP contribution in [0, 0.1) is 5.41 Å². The molecule has 0 amide bonds. The second kappa shape index (κ2) is 5.25. The summed E-state index contributed by atoms with van der Waals surface area (Å²) in [5.74, 6) is 0. The lowest BCUT2D eigenvalue weighted by atomic mass is 9.88. The van der Waals surface area contributed by atoms with Crippen molar-refractivity contribution in [2.75, 3.05) is 39.5 Å². The Labute approximate surface area is 96.9 Å². The molecular weight excluding hydrogens is 206 g/mol. The summed E-state index contributed by atoms with van der Waals surface area (Å²) in [6.45, 7) is 6.83. The third-order valence-electron chi connectivity index (χ3n) is 3.72. The van der Waals surface area contributed by atoms with Crippen LogP contribution >= 0.6 is 0 Å². The maximum absolute atomic E-state index is 11.3. The van der Waals surface area contributed by atoms with E-state index in [1.807, 2.05) is 0 Å². The van der Waals surface area contributed by atoms with Crippen molar-refractivity contribution in [3.63, 3.8) is 0 Å². The monoisotopic (exact) mass is 227 g/mol. The van der Waals surface area contributed by atoms with Crippen LogP contribution < -0.4 is 0 Å². The normalized spacial score (nSPS) is 36.4. The van der Waals surface area contributed by atoms with Gasteiger partial charge in [0, 0.05) is 25.7 Å². The average Bonchev–Trinajstić information content (AvgIpc) is 2.79. The molecule has 0 radical (unpaired) electrons. The van der Waals surface area contributed by atoms with Crippen LogP contribution in [0.3, 0.4) is 0 Å². The van der Waals surface area contributed by atoms with Crippen LogP contribution in [0.15, 0.2) is 0 Å². The van der Waals surface area contributed by atoms with E-state index in [2.05, 4.69) is 11.8 Å². The van der Waals surface area contributed by atoms with Crippen LogP contribution in [0.4, 0.5) is 0 Å². The van der Waals surface area contributed by atoms with E-state index < -0.39 is 0 Å². The summed E-state index contributed by atoms with van der Waals surface area (Å²) >= 11 is 0. The summed E-state index contributed by atoms with van der Waals surface area (Å²) in [6.07, 6.45) is 3.04. The van der Waals surface area contributed by atoms with Crippen molar-refractivity contribution in [2.24, 2.45) is 5.41 Å². The smallest absolute Gasteiger partial charge is 0.129 e. The van der Waals surface area contributed by atoms with Crippen molar-refractivity contribution in [1.29, 1.82) is 0 Å². The molecule has 92 valence electrons. The SMILES string of the molecule is CCC1COCCN1CC1(C=O)CCOC1. The molecule has 2 heterocycles. The highest BCUT2D eigenvalue weighted by Gasteiger charge is 2.38. The van der Waals surface area contributed by atoms with E-state index >= 15 is 0 Å². The lowest BCUT2D eigenvalue weighted by Gasteiger charge is -2.38. The number of aldehydes is 1. The van der Waals surface area contributed by atoms with Crippen molar-refractivity contribution in [2.45, 2.75) is 25.8 Å². The molecule has 2 fully saturated rings. The van der Waals surface area contributed by atoms with Gasteiger partial charge in [0.25, 0.3) is 0 Å². The predicted octanol–water partition coefficient (Wildman–Crippen LogP) is 0.703. The zero-order chi connectivity index (χ0) is 11.4. The van der Waals surface area contributed by atoms with Crippen LogP contribution in [0.2, 0.25) is 0 Å². The number of rotatable bonds is 4. The first-order valence-corrected chi connectivity index (χ1v) is 6.15. The molecule has 2 aliphatic rings. The first kappa shape index (κ1) is 12.0. The molecule has 2 atom stereocenters. The molecule has 2 rings (SSSR count). The van der Waals surface area contributed by atoms with Gasteiger partial charge in [0.15, 0.2) is 0 Å². The molecular formula is C12H21NO3. The lowest BCUT2D eigenvalue weighted by Crippen LogP contribution is -2.50. The zero-order valence-corrected chi connectivity index (χ0v) is 9.98. The van der Waals surface area contributed by atoms with E-state index in [4.69, 9.17) is 9.47 Å². The number of ether oxygens (including phenoxy) is 2. The topological polar surface area (TPSA) is 38.8 Å².